The fraction of sp³-hybridized carbons (Fsp3) is 0.364. The Kier molecular flexibility index (Phi) is 6.61. The predicted molar refractivity (Wildman–Crippen MR) is 118 cm³/mol. The lowest BCUT2D eigenvalue weighted by atomic mass is 10.0. The maximum atomic E-state index is 12.9. The molecule has 4 rings (SSSR count). The molecule has 0 bridgehead atoms. The molecule has 3 heterocycles. The van der Waals surface area contributed by atoms with Crippen molar-refractivity contribution >= 4 is 21.7 Å². The van der Waals surface area contributed by atoms with E-state index in [-0.39, 0.29) is 23.6 Å². The number of aryl methyl sites for hydroxylation is 1. The molecule has 0 saturated carbocycles. The van der Waals surface area contributed by atoms with E-state index in [1.165, 1.54) is 0 Å². The number of hydrogen-bond acceptors (Lipinski definition) is 7. The van der Waals surface area contributed by atoms with Gasteiger partial charge in [0.25, 0.3) is 0 Å². The minimum atomic E-state index is -3.50. The van der Waals surface area contributed by atoms with Crippen molar-refractivity contribution in [3.05, 3.63) is 54.6 Å². The topological polar surface area (TPSA) is 118 Å². The zero-order valence-electron chi connectivity index (χ0n) is 17.8. The molecule has 3 aromatic rings. The normalized spacial score (nSPS) is 15.5. The van der Waals surface area contributed by atoms with Gasteiger partial charge in [-0.05, 0) is 55.2 Å². The fourth-order valence-corrected chi connectivity index (χ4v) is 4.96. The number of piperidine rings is 1. The van der Waals surface area contributed by atoms with Gasteiger partial charge in [-0.25, -0.2) is 13.4 Å². The van der Waals surface area contributed by atoms with Crippen LogP contribution in [-0.2, 0) is 21.2 Å². The van der Waals surface area contributed by atoms with Gasteiger partial charge in [0.15, 0.2) is 0 Å². The Morgan fingerprint density at radius 3 is 2.59 bits per heavy atom. The van der Waals surface area contributed by atoms with Crippen LogP contribution in [0, 0.1) is 5.92 Å². The van der Waals surface area contributed by atoms with Gasteiger partial charge in [0.1, 0.15) is 5.82 Å². The molecule has 0 spiro atoms. The van der Waals surface area contributed by atoms with E-state index in [4.69, 9.17) is 4.52 Å². The first-order valence-electron chi connectivity index (χ1n) is 10.6. The summed E-state index contributed by atoms with van der Waals surface area (Å²) in [6.07, 6.45) is 3.81. The lowest BCUT2D eigenvalue weighted by molar-refractivity contribution is -0.116. The molecule has 1 aliphatic rings. The number of amides is 1. The molecule has 168 valence electrons. The molecule has 1 aromatic carbocycles. The number of nitrogens with zero attached hydrogens (tertiary/aromatic N) is 4. The van der Waals surface area contributed by atoms with E-state index < -0.39 is 10.0 Å². The van der Waals surface area contributed by atoms with Crippen LogP contribution in [0.15, 0.2) is 58.1 Å². The van der Waals surface area contributed by atoms with Gasteiger partial charge in [0, 0.05) is 37.7 Å². The standard InChI is InChI=1S/C22H25N5O4S/c1-16-11-14-27(15-12-16)32(29,30)18-7-5-17(6-8-18)22-25-21(31-26-22)10-9-20(28)24-19-4-2-3-13-23-19/h2-8,13,16H,9-12,14-15H2,1H3,(H,23,24,28). The summed E-state index contributed by atoms with van der Waals surface area (Å²) < 4.78 is 32.5. The predicted octanol–water partition coefficient (Wildman–Crippen LogP) is 3.12. The molecule has 32 heavy (non-hydrogen) atoms. The SMILES string of the molecule is CC1CCN(S(=O)(=O)c2ccc(-c3noc(CCC(=O)Nc4ccccn4)n3)cc2)CC1. The molecule has 0 atom stereocenters. The lowest BCUT2D eigenvalue weighted by Crippen LogP contribution is -2.37. The highest BCUT2D eigenvalue weighted by atomic mass is 32.2. The number of carbonyl (C=O) groups is 1. The maximum absolute atomic E-state index is 12.9. The number of rotatable bonds is 7. The summed E-state index contributed by atoms with van der Waals surface area (Å²) in [7, 11) is -3.50. The summed E-state index contributed by atoms with van der Waals surface area (Å²) in [5, 5.41) is 6.65. The van der Waals surface area contributed by atoms with Crippen molar-refractivity contribution in [3.63, 3.8) is 0 Å². The van der Waals surface area contributed by atoms with Crippen LogP contribution in [0.2, 0.25) is 0 Å². The summed E-state index contributed by atoms with van der Waals surface area (Å²) in [6, 6.07) is 11.7. The van der Waals surface area contributed by atoms with Gasteiger partial charge in [0.05, 0.1) is 4.90 Å². The van der Waals surface area contributed by atoms with E-state index in [1.54, 1.807) is 53.0 Å². The van der Waals surface area contributed by atoms with Crippen LogP contribution < -0.4 is 5.32 Å². The van der Waals surface area contributed by atoms with Gasteiger partial charge in [0.2, 0.25) is 27.6 Å². The van der Waals surface area contributed by atoms with Gasteiger partial charge in [-0.2, -0.15) is 9.29 Å². The number of hydrogen-bond donors (Lipinski definition) is 1. The molecule has 1 saturated heterocycles. The van der Waals surface area contributed by atoms with Gasteiger partial charge in [-0.1, -0.05) is 18.1 Å². The highest BCUT2D eigenvalue weighted by Crippen LogP contribution is 2.25. The smallest absolute Gasteiger partial charge is 0.243 e. The average Bonchev–Trinajstić information content (AvgIpc) is 3.28. The van der Waals surface area contributed by atoms with E-state index in [1.807, 2.05) is 0 Å². The number of sulfonamides is 1. The van der Waals surface area contributed by atoms with Crippen molar-refractivity contribution in [1.29, 1.82) is 0 Å². The van der Waals surface area contributed by atoms with Crippen molar-refractivity contribution in [2.24, 2.45) is 5.92 Å². The third-order valence-corrected chi connectivity index (χ3v) is 7.37. The third kappa shape index (κ3) is 5.20. The highest BCUT2D eigenvalue weighted by molar-refractivity contribution is 7.89. The number of aromatic nitrogens is 3. The first-order chi connectivity index (χ1) is 15.4. The van der Waals surface area contributed by atoms with Gasteiger partial charge in [-0.3, -0.25) is 4.79 Å². The molecule has 0 radical (unpaired) electrons. The highest BCUT2D eigenvalue weighted by Gasteiger charge is 2.28. The Morgan fingerprint density at radius 1 is 1.16 bits per heavy atom. The molecule has 2 aromatic heterocycles. The molecule has 1 fully saturated rings. The first kappa shape index (κ1) is 22.1. The first-order valence-corrected chi connectivity index (χ1v) is 12.0. The zero-order valence-corrected chi connectivity index (χ0v) is 18.6. The third-order valence-electron chi connectivity index (χ3n) is 5.46. The van der Waals surface area contributed by atoms with Gasteiger partial charge in [-0.15, -0.1) is 0 Å². The second-order valence-corrected chi connectivity index (χ2v) is 9.82. The Morgan fingerprint density at radius 2 is 1.91 bits per heavy atom. The van der Waals surface area contributed by atoms with Crippen LogP contribution in [-0.4, -0.2) is 46.8 Å². The Balaban J connectivity index is 1.36. The summed E-state index contributed by atoms with van der Waals surface area (Å²) in [5.74, 6) is 1.51. The summed E-state index contributed by atoms with van der Waals surface area (Å²) in [4.78, 5) is 20.7. The average molecular weight is 456 g/mol. The van der Waals surface area contributed by atoms with E-state index in [9.17, 15) is 13.2 Å². The molecule has 0 unspecified atom stereocenters. The van der Waals surface area contributed by atoms with Crippen LogP contribution in [0.4, 0.5) is 5.82 Å². The van der Waals surface area contributed by atoms with Crippen LogP contribution in [0.5, 0.6) is 0 Å². The molecule has 10 heteroatoms. The van der Waals surface area contributed by atoms with Gasteiger partial charge < -0.3 is 9.84 Å². The van der Waals surface area contributed by atoms with E-state index >= 15 is 0 Å². The number of pyridine rings is 1. The molecule has 1 aliphatic heterocycles. The number of benzene rings is 1. The molecule has 9 nitrogen and oxygen atoms in total. The minimum absolute atomic E-state index is 0.170. The number of anilines is 1. The number of nitrogens with one attached hydrogen (secondary N) is 1. The quantitative estimate of drug-likeness (QED) is 0.581. The van der Waals surface area contributed by atoms with Crippen molar-refractivity contribution in [2.75, 3.05) is 18.4 Å². The van der Waals surface area contributed by atoms with Crippen LogP contribution in [0.25, 0.3) is 11.4 Å². The largest absolute Gasteiger partial charge is 0.339 e. The van der Waals surface area contributed by atoms with Crippen molar-refractivity contribution in [1.82, 2.24) is 19.4 Å². The molecule has 1 N–H and O–H groups in total. The van der Waals surface area contributed by atoms with Crippen molar-refractivity contribution < 1.29 is 17.7 Å². The zero-order chi connectivity index (χ0) is 22.6. The van der Waals surface area contributed by atoms with Crippen molar-refractivity contribution in [2.45, 2.75) is 37.5 Å². The molecular formula is C22H25N5O4S. The Hall–Kier alpha value is -3.11. The minimum Gasteiger partial charge on any atom is -0.339 e. The van der Waals surface area contributed by atoms with Crippen LogP contribution in [0.3, 0.4) is 0 Å². The van der Waals surface area contributed by atoms with Crippen LogP contribution in [0.1, 0.15) is 32.1 Å². The maximum Gasteiger partial charge on any atom is 0.243 e. The summed E-state index contributed by atoms with van der Waals surface area (Å²) in [6.45, 7) is 3.24. The van der Waals surface area contributed by atoms with E-state index in [0.717, 1.165) is 12.8 Å². The monoisotopic (exact) mass is 455 g/mol. The lowest BCUT2D eigenvalue weighted by Gasteiger charge is -2.29. The Bertz CT molecular complexity index is 1150. The molecule has 0 aliphatic carbocycles. The molecule has 1 amide bonds. The van der Waals surface area contributed by atoms with Crippen molar-refractivity contribution in [3.8, 4) is 11.4 Å². The van der Waals surface area contributed by atoms with E-state index in [2.05, 4.69) is 27.4 Å². The number of carbonyl (C=O) groups excluding carboxylic acids is 1. The summed E-state index contributed by atoms with van der Waals surface area (Å²) >= 11 is 0. The second-order valence-electron chi connectivity index (χ2n) is 7.89. The second kappa shape index (κ2) is 9.58. The summed E-state index contributed by atoms with van der Waals surface area (Å²) in [5.41, 5.74) is 0.643. The molecular weight excluding hydrogens is 430 g/mol. The Labute approximate surface area is 186 Å². The van der Waals surface area contributed by atoms with Gasteiger partial charge >= 0.3 is 0 Å². The van der Waals surface area contributed by atoms with Crippen LogP contribution >= 0.6 is 0 Å². The fourth-order valence-electron chi connectivity index (χ4n) is 3.49. The van der Waals surface area contributed by atoms with E-state index in [0.29, 0.717) is 42.1 Å².